The number of rotatable bonds is 10. The minimum Gasteiger partial charge on any atom is -0.497 e. The molecule has 9 nitrogen and oxygen atoms in total. The second-order valence-electron chi connectivity index (χ2n) is 8.16. The van der Waals surface area contributed by atoms with E-state index in [-0.39, 0.29) is 22.7 Å². The Labute approximate surface area is 221 Å². The van der Waals surface area contributed by atoms with E-state index in [2.05, 4.69) is 15.6 Å². The number of amides is 2. The van der Waals surface area contributed by atoms with Gasteiger partial charge >= 0.3 is 0 Å². The van der Waals surface area contributed by atoms with Crippen molar-refractivity contribution in [1.29, 1.82) is 0 Å². The number of sulfonamides is 1. The van der Waals surface area contributed by atoms with Gasteiger partial charge in [0.2, 0.25) is 5.91 Å². The summed E-state index contributed by atoms with van der Waals surface area (Å²) in [6, 6.07) is 24.4. The molecule has 0 fully saturated rings. The number of carbonyl (C=O) groups is 2. The summed E-state index contributed by atoms with van der Waals surface area (Å²) in [6.45, 7) is -0.249. The predicted octanol–water partition coefficient (Wildman–Crippen LogP) is 3.85. The lowest BCUT2D eigenvalue weighted by Crippen LogP contribution is -2.38. The van der Waals surface area contributed by atoms with Gasteiger partial charge in [-0.05, 0) is 60.2 Å². The third-order valence-corrected chi connectivity index (χ3v) is 7.39. The predicted molar refractivity (Wildman–Crippen MR) is 144 cm³/mol. The van der Waals surface area contributed by atoms with Crippen molar-refractivity contribution < 1.29 is 22.7 Å². The summed E-state index contributed by atoms with van der Waals surface area (Å²) in [5.41, 5.74) is 1.65. The fraction of sp³-hybridized carbons (Fsp3) is 0.107. The van der Waals surface area contributed by atoms with Crippen LogP contribution in [0.4, 0.5) is 11.4 Å². The van der Waals surface area contributed by atoms with Crippen molar-refractivity contribution in [3.8, 4) is 5.75 Å². The molecule has 4 aromatic rings. The van der Waals surface area contributed by atoms with E-state index in [4.69, 9.17) is 4.74 Å². The van der Waals surface area contributed by atoms with Crippen LogP contribution in [0.3, 0.4) is 0 Å². The number of methoxy groups -OCH3 is 1. The molecule has 194 valence electrons. The summed E-state index contributed by atoms with van der Waals surface area (Å²) < 4.78 is 33.2. The molecule has 1 heterocycles. The second-order valence-corrected chi connectivity index (χ2v) is 10.0. The van der Waals surface area contributed by atoms with Crippen LogP contribution in [-0.4, -0.2) is 38.9 Å². The molecule has 38 heavy (non-hydrogen) atoms. The Morgan fingerprint density at radius 3 is 2.29 bits per heavy atom. The molecule has 2 amide bonds. The molecule has 1 aromatic heterocycles. The molecule has 0 aliphatic carbocycles. The van der Waals surface area contributed by atoms with Gasteiger partial charge in [0, 0.05) is 18.9 Å². The van der Waals surface area contributed by atoms with E-state index in [0.29, 0.717) is 11.4 Å². The van der Waals surface area contributed by atoms with Crippen molar-refractivity contribution in [2.24, 2.45) is 0 Å². The molecule has 0 saturated heterocycles. The summed E-state index contributed by atoms with van der Waals surface area (Å²) in [7, 11) is -2.61. The highest BCUT2D eigenvalue weighted by Crippen LogP contribution is 2.25. The maximum Gasteiger partial charge on any atom is 0.264 e. The normalized spacial score (nSPS) is 10.9. The van der Waals surface area contributed by atoms with Gasteiger partial charge in [-0.2, -0.15) is 0 Å². The molecule has 0 aliphatic rings. The second kappa shape index (κ2) is 12.0. The molecular weight excluding hydrogens is 504 g/mol. The topological polar surface area (TPSA) is 118 Å². The first-order chi connectivity index (χ1) is 18.4. The van der Waals surface area contributed by atoms with Gasteiger partial charge in [0.05, 0.1) is 28.9 Å². The fourth-order valence-electron chi connectivity index (χ4n) is 3.67. The highest BCUT2D eigenvalue weighted by molar-refractivity contribution is 7.92. The van der Waals surface area contributed by atoms with Gasteiger partial charge in [-0.3, -0.25) is 18.9 Å². The quantitative estimate of drug-likeness (QED) is 0.322. The molecular formula is C28H26N4O5S. The van der Waals surface area contributed by atoms with Gasteiger partial charge in [0.1, 0.15) is 12.3 Å². The summed E-state index contributed by atoms with van der Waals surface area (Å²) in [5, 5.41) is 5.50. The van der Waals surface area contributed by atoms with Gasteiger partial charge in [-0.1, -0.05) is 36.4 Å². The van der Waals surface area contributed by atoms with Crippen molar-refractivity contribution in [3.63, 3.8) is 0 Å². The number of hydrogen-bond acceptors (Lipinski definition) is 6. The number of hydrogen-bond donors (Lipinski definition) is 2. The van der Waals surface area contributed by atoms with E-state index < -0.39 is 28.4 Å². The lowest BCUT2D eigenvalue weighted by Gasteiger charge is -2.24. The number of nitrogens with one attached hydrogen (secondary N) is 2. The molecule has 4 rings (SSSR count). The van der Waals surface area contributed by atoms with Crippen LogP contribution in [-0.2, 0) is 21.4 Å². The first-order valence-corrected chi connectivity index (χ1v) is 13.1. The van der Waals surface area contributed by atoms with Gasteiger partial charge in [-0.25, -0.2) is 8.42 Å². The Hall–Kier alpha value is -4.70. The lowest BCUT2D eigenvalue weighted by atomic mass is 10.1. The first-order valence-electron chi connectivity index (χ1n) is 11.7. The minimum absolute atomic E-state index is 0.00475. The largest absolute Gasteiger partial charge is 0.497 e. The summed E-state index contributed by atoms with van der Waals surface area (Å²) in [6.07, 6.45) is 3.29. The SMILES string of the molecule is COc1ccc(S(=O)(=O)N(CC(=O)Nc2ccccc2C(=O)NCc2cccnc2)c2ccccc2)cc1. The first kappa shape index (κ1) is 26.4. The van der Waals surface area contributed by atoms with E-state index in [1.54, 1.807) is 73.1 Å². The van der Waals surface area contributed by atoms with Crippen LogP contribution >= 0.6 is 0 Å². The Morgan fingerprint density at radius 2 is 1.61 bits per heavy atom. The van der Waals surface area contributed by atoms with Crippen molar-refractivity contribution >= 4 is 33.2 Å². The Bertz CT molecular complexity index is 1500. The van der Waals surface area contributed by atoms with Crippen molar-refractivity contribution in [2.45, 2.75) is 11.4 Å². The Balaban J connectivity index is 1.54. The number of anilines is 2. The third kappa shape index (κ3) is 6.34. The molecule has 3 aromatic carbocycles. The fourth-order valence-corrected chi connectivity index (χ4v) is 5.10. The van der Waals surface area contributed by atoms with E-state index >= 15 is 0 Å². The zero-order chi connectivity index (χ0) is 27.0. The average molecular weight is 531 g/mol. The van der Waals surface area contributed by atoms with E-state index in [1.165, 1.54) is 31.4 Å². The highest BCUT2D eigenvalue weighted by atomic mass is 32.2. The number of carbonyl (C=O) groups excluding carboxylic acids is 2. The third-order valence-electron chi connectivity index (χ3n) is 5.60. The smallest absolute Gasteiger partial charge is 0.264 e. The Morgan fingerprint density at radius 1 is 0.895 bits per heavy atom. The number of aromatic nitrogens is 1. The molecule has 0 radical (unpaired) electrons. The number of para-hydroxylation sites is 2. The maximum absolute atomic E-state index is 13.6. The van der Waals surface area contributed by atoms with E-state index in [0.717, 1.165) is 9.87 Å². The van der Waals surface area contributed by atoms with Crippen molar-refractivity contribution in [1.82, 2.24) is 10.3 Å². The number of pyridine rings is 1. The van der Waals surface area contributed by atoms with Crippen molar-refractivity contribution in [2.75, 3.05) is 23.3 Å². The maximum atomic E-state index is 13.6. The molecule has 0 spiro atoms. The highest BCUT2D eigenvalue weighted by Gasteiger charge is 2.27. The van der Waals surface area contributed by atoms with Gasteiger partial charge in [0.25, 0.3) is 15.9 Å². The van der Waals surface area contributed by atoms with Crippen LogP contribution in [0, 0.1) is 0 Å². The zero-order valence-corrected chi connectivity index (χ0v) is 21.4. The van der Waals surface area contributed by atoms with Crippen LogP contribution in [0.2, 0.25) is 0 Å². The summed E-state index contributed by atoms with van der Waals surface area (Å²) >= 11 is 0. The monoisotopic (exact) mass is 530 g/mol. The number of benzene rings is 3. The minimum atomic E-state index is -4.10. The van der Waals surface area contributed by atoms with Gasteiger partial charge < -0.3 is 15.4 Å². The standard InChI is InChI=1S/C28H26N4O5S/c1-37-23-13-15-24(16-14-23)38(35,36)32(22-9-3-2-4-10-22)20-27(33)31-26-12-6-5-11-25(26)28(34)30-19-21-8-7-17-29-18-21/h2-18H,19-20H2,1H3,(H,30,34)(H,31,33). The molecule has 0 bridgehead atoms. The molecule has 0 aliphatic heterocycles. The van der Waals surface area contributed by atoms with Crippen LogP contribution in [0.25, 0.3) is 0 Å². The van der Waals surface area contributed by atoms with E-state index in [1.807, 2.05) is 6.07 Å². The molecule has 0 atom stereocenters. The molecule has 10 heteroatoms. The molecule has 0 unspecified atom stereocenters. The van der Waals surface area contributed by atoms with Crippen LogP contribution in [0.5, 0.6) is 5.75 Å². The Kier molecular flexibility index (Phi) is 8.34. The summed E-state index contributed by atoms with van der Waals surface area (Å²) in [4.78, 5) is 30.0. The molecule has 0 saturated carbocycles. The van der Waals surface area contributed by atoms with Crippen LogP contribution in [0.15, 0.2) is 108 Å². The van der Waals surface area contributed by atoms with Gasteiger partial charge in [-0.15, -0.1) is 0 Å². The van der Waals surface area contributed by atoms with Crippen molar-refractivity contribution in [3.05, 3.63) is 115 Å². The number of nitrogens with zero attached hydrogens (tertiary/aromatic N) is 2. The van der Waals surface area contributed by atoms with Crippen LogP contribution < -0.4 is 19.7 Å². The average Bonchev–Trinajstić information content (AvgIpc) is 2.96. The summed E-state index contributed by atoms with van der Waals surface area (Å²) in [5.74, 6) is -0.500. The lowest BCUT2D eigenvalue weighted by molar-refractivity contribution is -0.114. The van der Waals surface area contributed by atoms with Gasteiger partial charge in [0.15, 0.2) is 0 Å². The molecule has 2 N–H and O–H groups in total. The van der Waals surface area contributed by atoms with Crippen LogP contribution in [0.1, 0.15) is 15.9 Å². The van der Waals surface area contributed by atoms with E-state index in [9.17, 15) is 18.0 Å². The number of ether oxygens (including phenoxy) is 1. The zero-order valence-electron chi connectivity index (χ0n) is 20.6.